The Balaban J connectivity index is 1.75. The first kappa shape index (κ1) is 24.5. The van der Waals surface area contributed by atoms with Crippen LogP contribution in [-0.2, 0) is 17.8 Å². The lowest BCUT2D eigenvalue weighted by atomic mass is 10.1. The van der Waals surface area contributed by atoms with E-state index in [9.17, 15) is 10.1 Å². The second kappa shape index (κ2) is 11.7. The summed E-state index contributed by atoms with van der Waals surface area (Å²) in [6, 6.07) is 12.5. The molecule has 1 N–H and O–H groups in total. The number of carbonyl (C=O) groups excluding carboxylic acids is 1. The molecule has 2 aromatic carbocycles. The number of anilines is 1. The summed E-state index contributed by atoms with van der Waals surface area (Å²) in [4.78, 5) is 12.5. The number of amides is 1. The maximum atomic E-state index is 12.5. The van der Waals surface area contributed by atoms with Crippen molar-refractivity contribution >= 4 is 28.5 Å². The lowest BCUT2D eigenvalue weighted by molar-refractivity contribution is -0.112. The molecule has 10 heteroatoms. The van der Waals surface area contributed by atoms with Gasteiger partial charge in [0, 0.05) is 6.07 Å². The summed E-state index contributed by atoms with van der Waals surface area (Å²) in [5.41, 5.74) is 1.38. The number of aryl methyl sites for hydroxylation is 1. The van der Waals surface area contributed by atoms with Gasteiger partial charge in [-0.25, -0.2) is 0 Å². The average molecular weight is 481 g/mol. The van der Waals surface area contributed by atoms with E-state index in [1.54, 1.807) is 38.5 Å². The molecule has 0 aliphatic heterocycles. The van der Waals surface area contributed by atoms with Gasteiger partial charge in [0.05, 0.1) is 21.3 Å². The van der Waals surface area contributed by atoms with Crippen LogP contribution < -0.4 is 24.3 Å². The molecule has 0 aliphatic rings. The van der Waals surface area contributed by atoms with Crippen LogP contribution >= 0.6 is 11.3 Å². The largest absolute Gasteiger partial charge is 0.497 e. The molecule has 0 aliphatic carbocycles. The van der Waals surface area contributed by atoms with Gasteiger partial charge >= 0.3 is 0 Å². The van der Waals surface area contributed by atoms with Gasteiger partial charge in [-0.3, -0.25) is 10.1 Å². The standard InChI is InChI=1S/C24H24N4O5S/c1-5-22-27-28-24(34-22)26-23(29)17(13-25)8-15-6-7-20(21(11-15)32-4)33-14-16-9-18(30-2)12-19(10-16)31-3/h6-12H,5,14H2,1-4H3,(H,26,28,29). The van der Waals surface area contributed by atoms with Crippen LogP contribution in [0.2, 0.25) is 0 Å². The van der Waals surface area contributed by atoms with E-state index >= 15 is 0 Å². The Morgan fingerprint density at radius 1 is 1.06 bits per heavy atom. The minimum absolute atomic E-state index is 0.0764. The molecule has 1 heterocycles. The van der Waals surface area contributed by atoms with Crippen molar-refractivity contribution in [2.45, 2.75) is 20.0 Å². The highest BCUT2D eigenvalue weighted by molar-refractivity contribution is 7.15. The normalized spacial score (nSPS) is 10.9. The average Bonchev–Trinajstić information content (AvgIpc) is 3.33. The highest BCUT2D eigenvalue weighted by atomic mass is 32.1. The molecule has 0 bridgehead atoms. The summed E-state index contributed by atoms with van der Waals surface area (Å²) < 4.78 is 21.9. The molecule has 34 heavy (non-hydrogen) atoms. The number of nitrogens with one attached hydrogen (secondary N) is 1. The molecule has 1 amide bonds. The predicted molar refractivity (Wildman–Crippen MR) is 128 cm³/mol. The number of nitriles is 1. The minimum Gasteiger partial charge on any atom is -0.497 e. The number of rotatable bonds is 10. The SMILES string of the molecule is CCc1nnc(NC(=O)C(C#N)=Cc2ccc(OCc3cc(OC)cc(OC)c3)c(OC)c2)s1. The molecule has 3 rings (SSSR count). The van der Waals surface area contributed by atoms with Crippen LogP contribution in [0.25, 0.3) is 6.08 Å². The smallest absolute Gasteiger partial charge is 0.268 e. The number of ether oxygens (including phenoxy) is 4. The Morgan fingerprint density at radius 3 is 2.38 bits per heavy atom. The fourth-order valence-electron chi connectivity index (χ4n) is 2.93. The lowest BCUT2D eigenvalue weighted by Crippen LogP contribution is -2.13. The van der Waals surface area contributed by atoms with E-state index in [0.717, 1.165) is 10.6 Å². The molecule has 0 saturated carbocycles. The quantitative estimate of drug-likeness (QED) is 0.338. The molecule has 3 aromatic rings. The third-order valence-electron chi connectivity index (χ3n) is 4.66. The van der Waals surface area contributed by atoms with Gasteiger partial charge in [0.1, 0.15) is 34.8 Å². The summed E-state index contributed by atoms with van der Waals surface area (Å²) in [7, 11) is 4.68. The molecule has 0 saturated heterocycles. The van der Waals surface area contributed by atoms with Crippen LogP contribution in [0.4, 0.5) is 5.13 Å². The molecule has 0 fully saturated rings. The van der Waals surface area contributed by atoms with Crippen molar-refractivity contribution in [1.82, 2.24) is 10.2 Å². The number of aromatic nitrogens is 2. The second-order valence-corrected chi connectivity index (χ2v) is 7.96. The van der Waals surface area contributed by atoms with Crippen molar-refractivity contribution in [2.24, 2.45) is 0 Å². The molecule has 0 unspecified atom stereocenters. The number of hydrogen-bond donors (Lipinski definition) is 1. The fraction of sp³-hybridized carbons (Fsp3) is 0.250. The van der Waals surface area contributed by atoms with Gasteiger partial charge < -0.3 is 18.9 Å². The molecule has 0 atom stereocenters. The maximum absolute atomic E-state index is 12.5. The zero-order valence-electron chi connectivity index (χ0n) is 19.2. The van der Waals surface area contributed by atoms with Crippen molar-refractivity contribution in [2.75, 3.05) is 26.6 Å². The van der Waals surface area contributed by atoms with Crippen LogP contribution in [-0.4, -0.2) is 37.4 Å². The summed E-state index contributed by atoms with van der Waals surface area (Å²) in [6.45, 7) is 2.20. The molecular weight excluding hydrogens is 456 g/mol. The van der Waals surface area contributed by atoms with Crippen molar-refractivity contribution in [3.05, 3.63) is 58.1 Å². The van der Waals surface area contributed by atoms with E-state index < -0.39 is 5.91 Å². The van der Waals surface area contributed by atoms with Gasteiger partial charge in [-0.1, -0.05) is 24.3 Å². The van der Waals surface area contributed by atoms with Gasteiger partial charge in [-0.15, -0.1) is 10.2 Å². The molecule has 1 aromatic heterocycles. The Kier molecular flexibility index (Phi) is 8.43. The number of benzene rings is 2. The first-order chi connectivity index (χ1) is 16.5. The van der Waals surface area contributed by atoms with Crippen LogP contribution in [0, 0.1) is 11.3 Å². The van der Waals surface area contributed by atoms with Crippen LogP contribution in [0.3, 0.4) is 0 Å². The van der Waals surface area contributed by atoms with Crippen LogP contribution in [0.1, 0.15) is 23.1 Å². The highest BCUT2D eigenvalue weighted by Gasteiger charge is 2.14. The molecule has 176 valence electrons. The van der Waals surface area contributed by atoms with E-state index in [1.807, 2.05) is 25.1 Å². The molecular formula is C24H24N4O5S. The summed E-state index contributed by atoms with van der Waals surface area (Å²) in [5.74, 6) is 1.72. The molecule has 0 spiro atoms. The van der Waals surface area contributed by atoms with Crippen molar-refractivity contribution in [3.8, 4) is 29.1 Å². The fourth-order valence-corrected chi connectivity index (χ4v) is 3.61. The molecule has 0 radical (unpaired) electrons. The van der Waals surface area contributed by atoms with Crippen LogP contribution in [0.15, 0.2) is 42.0 Å². The first-order valence-corrected chi connectivity index (χ1v) is 11.1. The monoisotopic (exact) mass is 480 g/mol. The molecule has 9 nitrogen and oxygen atoms in total. The zero-order chi connectivity index (χ0) is 24.5. The first-order valence-electron chi connectivity index (χ1n) is 10.3. The van der Waals surface area contributed by atoms with E-state index in [1.165, 1.54) is 24.5 Å². The van der Waals surface area contributed by atoms with Crippen molar-refractivity contribution < 1.29 is 23.7 Å². The van der Waals surface area contributed by atoms with Gasteiger partial charge in [-0.2, -0.15) is 5.26 Å². The number of carbonyl (C=O) groups is 1. The minimum atomic E-state index is -0.562. The lowest BCUT2D eigenvalue weighted by Gasteiger charge is -2.13. The Morgan fingerprint density at radius 2 is 1.79 bits per heavy atom. The van der Waals surface area contributed by atoms with Gasteiger partial charge in [0.15, 0.2) is 11.5 Å². The Bertz CT molecular complexity index is 1210. The Labute approximate surface area is 201 Å². The second-order valence-electron chi connectivity index (χ2n) is 6.90. The summed E-state index contributed by atoms with van der Waals surface area (Å²) >= 11 is 1.27. The summed E-state index contributed by atoms with van der Waals surface area (Å²) in [6.07, 6.45) is 2.18. The van der Waals surface area contributed by atoms with E-state index in [4.69, 9.17) is 18.9 Å². The van der Waals surface area contributed by atoms with Gasteiger partial charge in [0.25, 0.3) is 5.91 Å². The van der Waals surface area contributed by atoms with Gasteiger partial charge in [-0.05, 0) is 47.9 Å². The van der Waals surface area contributed by atoms with Crippen molar-refractivity contribution in [3.63, 3.8) is 0 Å². The van der Waals surface area contributed by atoms with E-state index in [0.29, 0.717) is 40.1 Å². The number of hydrogen-bond acceptors (Lipinski definition) is 9. The van der Waals surface area contributed by atoms with Gasteiger partial charge in [0.2, 0.25) is 5.13 Å². The number of methoxy groups -OCH3 is 3. The topological polar surface area (TPSA) is 116 Å². The highest BCUT2D eigenvalue weighted by Crippen LogP contribution is 2.31. The van der Waals surface area contributed by atoms with Crippen LogP contribution in [0.5, 0.6) is 23.0 Å². The number of nitrogens with zero attached hydrogens (tertiary/aromatic N) is 3. The predicted octanol–water partition coefficient (Wildman–Crippen LogP) is 4.25. The van der Waals surface area contributed by atoms with E-state index in [2.05, 4.69) is 15.5 Å². The summed E-state index contributed by atoms with van der Waals surface area (Å²) in [5, 5.41) is 21.1. The third kappa shape index (κ3) is 6.24. The maximum Gasteiger partial charge on any atom is 0.268 e. The Hall–Kier alpha value is -4.10. The van der Waals surface area contributed by atoms with Crippen molar-refractivity contribution in [1.29, 1.82) is 5.26 Å². The zero-order valence-corrected chi connectivity index (χ0v) is 20.1. The van der Waals surface area contributed by atoms with E-state index in [-0.39, 0.29) is 12.2 Å². The third-order valence-corrected chi connectivity index (χ3v) is 5.64.